The van der Waals surface area contributed by atoms with E-state index in [1.165, 1.54) is 0 Å². The molecule has 0 aliphatic carbocycles. The van der Waals surface area contributed by atoms with E-state index in [4.69, 9.17) is 9.84 Å². The van der Waals surface area contributed by atoms with E-state index in [-0.39, 0.29) is 24.1 Å². The van der Waals surface area contributed by atoms with Crippen molar-refractivity contribution in [2.45, 2.75) is 39.3 Å². The van der Waals surface area contributed by atoms with Gasteiger partial charge in [-0.1, -0.05) is 0 Å². The first-order valence-electron chi connectivity index (χ1n) is 5.97. The van der Waals surface area contributed by atoms with Gasteiger partial charge in [-0.15, -0.1) is 0 Å². The number of rotatable bonds is 7. The lowest BCUT2D eigenvalue weighted by Crippen LogP contribution is -2.52. The fourth-order valence-electron chi connectivity index (χ4n) is 1.48. The second kappa shape index (κ2) is 7.63. The Balaban J connectivity index is 4.37. The van der Waals surface area contributed by atoms with Crippen LogP contribution in [0.1, 0.15) is 27.7 Å². The molecule has 0 aromatic rings. The molecule has 5 nitrogen and oxygen atoms in total. The predicted octanol–water partition coefficient (Wildman–Crippen LogP) is 0.230. The van der Waals surface area contributed by atoms with Gasteiger partial charge < -0.3 is 15.2 Å². The molecule has 0 aliphatic heterocycles. The standard InChI is InChI=1S/C12H26N2O3/c1-10(11(16)13-12(2,3)4)14(6-8-15)7-9-17-5/h10,15H,6-9H2,1-5H3,(H,13,16). The maximum absolute atomic E-state index is 12.0. The van der Waals surface area contributed by atoms with Gasteiger partial charge in [0.1, 0.15) is 0 Å². The van der Waals surface area contributed by atoms with Crippen molar-refractivity contribution in [1.82, 2.24) is 10.2 Å². The molecule has 0 bridgehead atoms. The third kappa shape index (κ3) is 7.31. The molecule has 0 aromatic heterocycles. The molecule has 0 aromatic carbocycles. The van der Waals surface area contributed by atoms with E-state index in [1.807, 2.05) is 32.6 Å². The fourth-order valence-corrected chi connectivity index (χ4v) is 1.48. The Morgan fingerprint density at radius 1 is 1.41 bits per heavy atom. The predicted molar refractivity (Wildman–Crippen MR) is 67.9 cm³/mol. The van der Waals surface area contributed by atoms with Gasteiger partial charge >= 0.3 is 0 Å². The number of aliphatic hydroxyl groups is 1. The van der Waals surface area contributed by atoms with Crippen molar-refractivity contribution >= 4 is 5.91 Å². The van der Waals surface area contributed by atoms with E-state index in [9.17, 15) is 4.79 Å². The number of aliphatic hydroxyl groups excluding tert-OH is 1. The molecule has 0 spiro atoms. The van der Waals surface area contributed by atoms with Crippen molar-refractivity contribution in [1.29, 1.82) is 0 Å². The maximum Gasteiger partial charge on any atom is 0.237 e. The summed E-state index contributed by atoms with van der Waals surface area (Å²) in [5.41, 5.74) is -0.239. The topological polar surface area (TPSA) is 61.8 Å². The molecule has 0 radical (unpaired) electrons. The third-order valence-corrected chi connectivity index (χ3v) is 2.40. The van der Waals surface area contributed by atoms with Gasteiger partial charge in [-0.2, -0.15) is 0 Å². The van der Waals surface area contributed by atoms with Gasteiger partial charge in [-0.25, -0.2) is 0 Å². The van der Waals surface area contributed by atoms with E-state index in [1.54, 1.807) is 7.11 Å². The Hall–Kier alpha value is -0.650. The molecule has 0 rings (SSSR count). The number of nitrogens with one attached hydrogen (secondary N) is 1. The summed E-state index contributed by atoms with van der Waals surface area (Å²) in [5.74, 6) is -0.0259. The molecule has 1 amide bonds. The van der Waals surface area contributed by atoms with Gasteiger partial charge in [0.25, 0.3) is 0 Å². The van der Waals surface area contributed by atoms with Gasteiger partial charge in [0.15, 0.2) is 0 Å². The van der Waals surface area contributed by atoms with Crippen molar-refractivity contribution in [2.24, 2.45) is 0 Å². The van der Waals surface area contributed by atoms with Crippen LogP contribution in [0.25, 0.3) is 0 Å². The van der Waals surface area contributed by atoms with Crippen LogP contribution in [0, 0.1) is 0 Å². The first kappa shape index (κ1) is 16.4. The highest BCUT2D eigenvalue weighted by Crippen LogP contribution is 2.04. The zero-order valence-electron chi connectivity index (χ0n) is 11.6. The summed E-state index contributed by atoms with van der Waals surface area (Å²) in [5, 5.41) is 11.9. The number of hydrogen-bond donors (Lipinski definition) is 2. The van der Waals surface area contributed by atoms with Crippen LogP contribution in [0.4, 0.5) is 0 Å². The summed E-state index contributed by atoms with van der Waals surface area (Å²) in [4.78, 5) is 13.9. The Morgan fingerprint density at radius 2 is 2.00 bits per heavy atom. The summed E-state index contributed by atoms with van der Waals surface area (Å²) in [6, 6.07) is -0.267. The molecule has 102 valence electrons. The van der Waals surface area contributed by atoms with Gasteiger partial charge in [-0.05, 0) is 27.7 Å². The number of carbonyl (C=O) groups is 1. The van der Waals surface area contributed by atoms with E-state index in [0.717, 1.165) is 0 Å². The summed E-state index contributed by atoms with van der Waals surface area (Å²) in [6.07, 6.45) is 0. The lowest BCUT2D eigenvalue weighted by Gasteiger charge is -2.30. The Morgan fingerprint density at radius 3 is 2.41 bits per heavy atom. The van der Waals surface area contributed by atoms with Crippen LogP contribution in [0.3, 0.4) is 0 Å². The van der Waals surface area contributed by atoms with Gasteiger partial charge in [0.2, 0.25) is 5.91 Å². The van der Waals surface area contributed by atoms with Crippen molar-refractivity contribution < 1.29 is 14.6 Å². The largest absolute Gasteiger partial charge is 0.395 e. The Labute approximate surface area is 104 Å². The fraction of sp³-hybridized carbons (Fsp3) is 0.917. The molecular formula is C12H26N2O3. The van der Waals surface area contributed by atoms with E-state index >= 15 is 0 Å². The quantitative estimate of drug-likeness (QED) is 0.675. The lowest BCUT2D eigenvalue weighted by molar-refractivity contribution is -0.127. The number of nitrogens with zero attached hydrogens (tertiary/aromatic N) is 1. The van der Waals surface area contributed by atoms with Crippen LogP contribution in [0.15, 0.2) is 0 Å². The van der Waals surface area contributed by atoms with Gasteiger partial charge in [0, 0.05) is 25.7 Å². The number of ether oxygens (including phenoxy) is 1. The van der Waals surface area contributed by atoms with E-state index in [0.29, 0.717) is 19.7 Å². The molecule has 0 heterocycles. The zero-order valence-corrected chi connectivity index (χ0v) is 11.6. The molecule has 0 aliphatic rings. The molecular weight excluding hydrogens is 220 g/mol. The minimum Gasteiger partial charge on any atom is -0.395 e. The van der Waals surface area contributed by atoms with Gasteiger partial charge in [0.05, 0.1) is 19.3 Å². The number of amides is 1. The summed E-state index contributed by atoms with van der Waals surface area (Å²) in [6.45, 7) is 9.38. The van der Waals surface area contributed by atoms with E-state index in [2.05, 4.69) is 5.32 Å². The average Bonchev–Trinajstić information content (AvgIpc) is 2.20. The molecule has 5 heteroatoms. The van der Waals surface area contributed by atoms with Crippen molar-refractivity contribution in [3.8, 4) is 0 Å². The van der Waals surface area contributed by atoms with Gasteiger partial charge in [-0.3, -0.25) is 9.69 Å². The molecule has 1 atom stereocenters. The van der Waals surface area contributed by atoms with Crippen LogP contribution >= 0.6 is 0 Å². The molecule has 17 heavy (non-hydrogen) atoms. The Kier molecular flexibility index (Phi) is 7.34. The van der Waals surface area contributed by atoms with Crippen LogP contribution in [-0.4, -0.2) is 60.9 Å². The number of hydrogen-bond acceptors (Lipinski definition) is 4. The van der Waals surface area contributed by atoms with Crippen molar-refractivity contribution in [3.05, 3.63) is 0 Å². The Bertz CT molecular complexity index is 226. The molecule has 0 saturated heterocycles. The number of methoxy groups -OCH3 is 1. The summed E-state index contributed by atoms with van der Waals surface area (Å²) < 4.78 is 4.99. The second-order valence-electron chi connectivity index (χ2n) is 5.17. The minimum atomic E-state index is -0.267. The highest BCUT2D eigenvalue weighted by Gasteiger charge is 2.23. The first-order chi connectivity index (χ1) is 7.81. The molecule has 0 fully saturated rings. The van der Waals surface area contributed by atoms with E-state index < -0.39 is 0 Å². The third-order valence-electron chi connectivity index (χ3n) is 2.40. The zero-order chi connectivity index (χ0) is 13.5. The lowest BCUT2D eigenvalue weighted by atomic mass is 10.1. The van der Waals surface area contributed by atoms with Crippen LogP contribution < -0.4 is 5.32 Å². The summed E-state index contributed by atoms with van der Waals surface area (Å²) in [7, 11) is 1.62. The SMILES string of the molecule is COCCN(CCO)C(C)C(=O)NC(C)(C)C. The van der Waals surface area contributed by atoms with Crippen LogP contribution in [-0.2, 0) is 9.53 Å². The highest BCUT2D eigenvalue weighted by molar-refractivity contribution is 5.81. The number of carbonyl (C=O) groups excluding carboxylic acids is 1. The molecule has 0 saturated carbocycles. The van der Waals surface area contributed by atoms with Crippen LogP contribution in [0.2, 0.25) is 0 Å². The van der Waals surface area contributed by atoms with Crippen molar-refractivity contribution in [2.75, 3.05) is 33.4 Å². The second-order valence-corrected chi connectivity index (χ2v) is 5.17. The maximum atomic E-state index is 12.0. The van der Waals surface area contributed by atoms with Crippen molar-refractivity contribution in [3.63, 3.8) is 0 Å². The first-order valence-corrected chi connectivity index (χ1v) is 5.97. The minimum absolute atomic E-state index is 0.0259. The molecule has 1 unspecified atom stereocenters. The molecule has 2 N–H and O–H groups in total. The normalized spacial score (nSPS) is 13.8. The average molecular weight is 246 g/mol. The smallest absolute Gasteiger partial charge is 0.237 e. The van der Waals surface area contributed by atoms with Crippen LogP contribution in [0.5, 0.6) is 0 Å². The monoisotopic (exact) mass is 246 g/mol. The summed E-state index contributed by atoms with van der Waals surface area (Å²) >= 11 is 0. The highest BCUT2D eigenvalue weighted by atomic mass is 16.5.